The molecule has 0 radical (unpaired) electrons. The molecule has 1 aromatic rings. The molecule has 0 unspecified atom stereocenters. The Kier molecular flexibility index (Phi) is 3.55. The van der Waals surface area contributed by atoms with Gasteiger partial charge in [0.1, 0.15) is 5.82 Å². The maximum absolute atomic E-state index is 11.7. The third-order valence-electron chi connectivity index (χ3n) is 3.67. The molecule has 0 bridgehead atoms. The number of carbonyl (C=O) groups excluding carboxylic acids is 1. The zero-order chi connectivity index (χ0) is 13.2. The van der Waals surface area contributed by atoms with Crippen LogP contribution < -0.4 is 5.32 Å². The highest BCUT2D eigenvalue weighted by molar-refractivity contribution is 5.93. The number of hydrogen-bond acceptors (Lipinski definition) is 3. The third-order valence-corrected chi connectivity index (χ3v) is 3.67. The van der Waals surface area contributed by atoms with Crippen molar-refractivity contribution in [3.05, 3.63) is 23.9 Å². The van der Waals surface area contributed by atoms with Crippen LogP contribution in [0.3, 0.4) is 0 Å². The van der Waals surface area contributed by atoms with Gasteiger partial charge in [0.2, 0.25) is 0 Å². The van der Waals surface area contributed by atoms with Gasteiger partial charge in [0.05, 0.1) is 5.56 Å². The maximum atomic E-state index is 11.7. The molecule has 1 aliphatic carbocycles. The molecule has 4 heteroatoms. The Morgan fingerprint density at radius 3 is 2.61 bits per heavy atom. The lowest BCUT2D eigenvalue weighted by Gasteiger charge is -2.38. The molecule has 0 aliphatic heterocycles. The van der Waals surface area contributed by atoms with Crippen molar-refractivity contribution in [2.75, 3.05) is 26.0 Å². The minimum absolute atomic E-state index is 0.0139. The van der Waals surface area contributed by atoms with Gasteiger partial charge in [-0.15, -0.1) is 0 Å². The van der Waals surface area contributed by atoms with Gasteiger partial charge in [-0.05, 0) is 30.4 Å². The van der Waals surface area contributed by atoms with Crippen molar-refractivity contribution in [2.45, 2.75) is 26.2 Å². The van der Waals surface area contributed by atoms with Crippen molar-refractivity contribution in [3.8, 4) is 0 Å². The van der Waals surface area contributed by atoms with Gasteiger partial charge in [-0.25, -0.2) is 4.98 Å². The molecular weight excluding hydrogens is 226 g/mol. The van der Waals surface area contributed by atoms with E-state index in [4.69, 9.17) is 0 Å². The minimum Gasteiger partial charge on any atom is -0.370 e. The van der Waals surface area contributed by atoms with E-state index in [1.165, 1.54) is 19.3 Å². The second-order valence-corrected chi connectivity index (χ2v) is 5.65. The highest BCUT2D eigenvalue weighted by Crippen LogP contribution is 2.40. The SMILES string of the molecule is CN(C)C(=O)c1ccc(NCC2(C)CCC2)nc1. The maximum Gasteiger partial charge on any atom is 0.254 e. The van der Waals surface area contributed by atoms with Crippen LogP contribution in [0, 0.1) is 5.41 Å². The standard InChI is InChI=1S/C14H21N3O/c1-14(7-4-8-14)10-16-12-6-5-11(9-15-12)13(18)17(2)3/h5-6,9H,4,7-8,10H2,1-3H3,(H,15,16). The van der Waals surface area contributed by atoms with Crippen LogP contribution in [0.1, 0.15) is 36.5 Å². The van der Waals surface area contributed by atoms with E-state index in [1.54, 1.807) is 25.2 Å². The summed E-state index contributed by atoms with van der Waals surface area (Å²) in [7, 11) is 3.48. The molecule has 1 heterocycles. The summed E-state index contributed by atoms with van der Waals surface area (Å²) in [4.78, 5) is 17.5. The summed E-state index contributed by atoms with van der Waals surface area (Å²) in [5, 5.41) is 3.35. The quantitative estimate of drug-likeness (QED) is 0.888. The first-order chi connectivity index (χ1) is 8.50. The second-order valence-electron chi connectivity index (χ2n) is 5.65. The number of nitrogens with one attached hydrogen (secondary N) is 1. The Balaban J connectivity index is 1.93. The van der Waals surface area contributed by atoms with E-state index in [1.807, 2.05) is 12.1 Å². The van der Waals surface area contributed by atoms with Crippen LogP contribution in [0.2, 0.25) is 0 Å². The zero-order valence-corrected chi connectivity index (χ0v) is 11.4. The van der Waals surface area contributed by atoms with E-state index in [9.17, 15) is 4.79 Å². The molecule has 1 saturated carbocycles. The Labute approximate surface area is 108 Å². The fourth-order valence-corrected chi connectivity index (χ4v) is 2.14. The van der Waals surface area contributed by atoms with Gasteiger partial charge in [0.25, 0.3) is 5.91 Å². The normalized spacial score (nSPS) is 16.8. The lowest BCUT2D eigenvalue weighted by atomic mass is 9.70. The molecule has 0 aromatic carbocycles. The van der Waals surface area contributed by atoms with E-state index < -0.39 is 0 Å². The first kappa shape index (κ1) is 12.9. The molecular formula is C14H21N3O. The Hall–Kier alpha value is -1.58. The van der Waals surface area contributed by atoms with Crippen molar-refractivity contribution in [1.82, 2.24) is 9.88 Å². The molecule has 4 nitrogen and oxygen atoms in total. The van der Waals surface area contributed by atoms with Gasteiger partial charge in [-0.1, -0.05) is 13.3 Å². The predicted molar refractivity (Wildman–Crippen MR) is 72.7 cm³/mol. The highest BCUT2D eigenvalue weighted by Gasteiger charge is 2.31. The van der Waals surface area contributed by atoms with Gasteiger partial charge < -0.3 is 10.2 Å². The number of anilines is 1. The predicted octanol–water partition coefficient (Wildman–Crippen LogP) is 2.39. The van der Waals surface area contributed by atoms with Crippen LogP contribution >= 0.6 is 0 Å². The fourth-order valence-electron chi connectivity index (χ4n) is 2.14. The second kappa shape index (κ2) is 4.96. The summed E-state index contributed by atoms with van der Waals surface area (Å²) in [5.74, 6) is 0.832. The topological polar surface area (TPSA) is 45.2 Å². The number of amides is 1. The lowest BCUT2D eigenvalue weighted by Crippen LogP contribution is -2.33. The van der Waals surface area contributed by atoms with Crippen molar-refractivity contribution < 1.29 is 4.79 Å². The Morgan fingerprint density at radius 1 is 1.44 bits per heavy atom. The smallest absolute Gasteiger partial charge is 0.254 e. The summed E-state index contributed by atoms with van der Waals surface area (Å²) in [6.07, 6.45) is 5.55. The molecule has 98 valence electrons. The monoisotopic (exact) mass is 247 g/mol. The van der Waals surface area contributed by atoms with Gasteiger partial charge in [-0.2, -0.15) is 0 Å². The van der Waals surface area contributed by atoms with E-state index in [0.29, 0.717) is 11.0 Å². The van der Waals surface area contributed by atoms with E-state index in [-0.39, 0.29) is 5.91 Å². The molecule has 1 aliphatic rings. The molecule has 2 rings (SSSR count). The van der Waals surface area contributed by atoms with E-state index >= 15 is 0 Å². The number of hydrogen-bond donors (Lipinski definition) is 1. The van der Waals surface area contributed by atoms with Crippen LogP contribution in [0.4, 0.5) is 5.82 Å². The van der Waals surface area contributed by atoms with Gasteiger partial charge in [0.15, 0.2) is 0 Å². The summed E-state index contributed by atoms with van der Waals surface area (Å²) in [5.41, 5.74) is 1.06. The van der Waals surface area contributed by atoms with Crippen molar-refractivity contribution >= 4 is 11.7 Å². The molecule has 0 saturated heterocycles. The van der Waals surface area contributed by atoms with Crippen LogP contribution in [-0.4, -0.2) is 36.4 Å². The van der Waals surface area contributed by atoms with Crippen LogP contribution in [0.25, 0.3) is 0 Å². The Morgan fingerprint density at radius 2 is 2.17 bits per heavy atom. The first-order valence-electron chi connectivity index (χ1n) is 6.42. The molecule has 1 fully saturated rings. The summed E-state index contributed by atoms with van der Waals surface area (Å²) in [6, 6.07) is 3.69. The zero-order valence-electron chi connectivity index (χ0n) is 11.4. The molecule has 18 heavy (non-hydrogen) atoms. The van der Waals surface area contributed by atoms with Crippen LogP contribution in [0.5, 0.6) is 0 Å². The summed E-state index contributed by atoms with van der Waals surface area (Å²) >= 11 is 0. The van der Waals surface area contributed by atoms with Crippen LogP contribution in [-0.2, 0) is 0 Å². The largest absolute Gasteiger partial charge is 0.370 e. The number of aromatic nitrogens is 1. The lowest BCUT2D eigenvalue weighted by molar-refractivity contribution is 0.0827. The summed E-state index contributed by atoms with van der Waals surface area (Å²) in [6.45, 7) is 3.26. The van der Waals surface area contributed by atoms with Crippen molar-refractivity contribution in [2.24, 2.45) is 5.41 Å². The minimum atomic E-state index is -0.0139. The molecule has 1 amide bonds. The summed E-state index contributed by atoms with van der Waals surface area (Å²) < 4.78 is 0. The van der Waals surface area contributed by atoms with E-state index in [0.717, 1.165) is 12.4 Å². The van der Waals surface area contributed by atoms with Crippen molar-refractivity contribution in [3.63, 3.8) is 0 Å². The molecule has 1 N–H and O–H groups in total. The number of pyridine rings is 1. The average Bonchev–Trinajstić information content (AvgIpc) is 2.33. The van der Waals surface area contributed by atoms with E-state index in [2.05, 4.69) is 17.2 Å². The van der Waals surface area contributed by atoms with Gasteiger partial charge >= 0.3 is 0 Å². The van der Waals surface area contributed by atoms with Gasteiger partial charge in [-0.3, -0.25) is 4.79 Å². The van der Waals surface area contributed by atoms with Crippen LogP contribution in [0.15, 0.2) is 18.3 Å². The number of rotatable bonds is 4. The Bertz CT molecular complexity index is 421. The van der Waals surface area contributed by atoms with Gasteiger partial charge in [0, 0.05) is 26.8 Å². The van der Waals surface area contributed by atoms with Crippen molar-refractivity contribution in [1.29, 1.82) is 0 Å². The number of nitrogens with zero attached hydrogens (tertiary/aromatic N) is 2. The number of carbonyl (C=O) groups is 1. The highest BCUT2D eigenvalue weighted by atomic mass is 16.2. The molecule has 0 spiro atoms. The third kappa shape index (κ3) is 2.81. The first-order valence-corrected chi connectivity index (χ1v) is 6.42. The molecule has 1 aromatic heterocycles. The fraction of sp³-hybridized carbons (Fsp3) is 0.571. The average molecular weight is 247 g/mol. The molecule has 0 atom stereocenters.